The van der Waals surface area contributed by atoms with Crippen LogP contribution in [-0.2, 0) is 23.4 Å². The van der Waals surface area contributed by atoms with Crippen LogP contribution in [0.3, 0.4) is 0 Å². The van der Waals surface area contributed by atoms with E-state index in [4.69, 9.17) is 25.0 Å². The van der Waals surface area contributed by atoms with Crippen molar-refractivity contribution in [2.75, 3.05) is 12.3 Å². The topological polar surface area (TPSA) is 163 Å². The fourth-order valence-corrected chi connectivity index (χ4v) is 5.58. The molecule has 11 nitrogen and oxygen atoms in total. The monoisotopic (exact) mass is 689 g/mol. The second-order valence-electron chi connectivity index (χ2n) is 12.9. The molecule has 0 bridgehead atoms. The zero-order valence-electron chi connectivity index (χ0n) is 29.5. The first-order valence-corrected chi connectivity index (χ1v) is 18.3. The highest BCUT2D eigenvalue weighted by Crippen LogP contribution is 2.38. The summed E-state index contributed by atoms with van der Waals surface area (Å²) in [4.78, 5) is 46.9. The Bertz CT molecular complexity index is 1450. The molecule has 0 aliphatic carbocycles. The summed E-state index contributed by atoms with van der Waals surface area (Å²) in [6, 6.07) is 1.42. The third-order valence-corrected chi connectivity index (χ3v) is 8.55. The minimum Gasteiger partial charge on any atom is -0.459 e. The second-order valence-corrected chi connectivity index (χ2v) is 14.1. The number of hydrogen-bond donors (Lipinski definition) is 3. The van der Waals surface area contributed by atoms with E-state index in [2.05, 4.69) is 74.5 Å². The Labute approximate surface area is 285 Å². The van der Waals surface area contributed by atoms with Crippen LogP contribution in [0.4, 0.5) is 5.82 Å². The van der Waals surface area contributed by atoms with Gasteiger partial charge in [0.1, 0.15) is 24.3 Å². The van der Waals surface area contributed by atoms with Crippen molar-refractivity contribution in [1.29, 1.82) is 0 Å². The number of unbranched alkanes of at least 4 members (excludes halogenated alkanes) is 1. The molecule has 1 aliphatic rings. The van der Waals surface area contributed by atoms with Crippen LogP contribution in [0.15, 0.2) is 75.3 Å². The molecule has 0 spiro atoms. The Kier molecular flexibility index (Phi) is 18.1. The molecule has 0 unspecified atom stereocenters. The van der Waals surface area contributed by atoms with Gasteiger partial charge in [-0.1, -0.05) is 58.2 Å². The number of allylic oxidation sites excluding steroid dienone is 10. The van der Waals surface area contributed by atoms with E-state index in [-0.39, 0.29) is 18.7 Å². The minimum atomic E-state index is -4.79. The molecule has 0 amide bonds. The predicted octanol–water partition coefficient (Wildman–Crippen LogP) is 7.79. The average molecular weight is 690 g/mol. The van der Waals surface area contributed by atoms with Crippen molar-refractivity contribution in [2.45, 2.75) is 131 Å². The Morgan fingerprint density at radius 3 is 1.94 bits per heavy atom. The van der Waals surface area contributed by atoms with Crippen LogP contribution in [0.1, 0.15) is 118 Å². The number of phosphoric ester groups is 1. The third-order valence-electron chi connectivity index (χ3n) is 8.06. The highest BCUT2D eigenvalue weighted by molar-refractivity contribution is 7.46. The summed E-state index contributed by atoms with van der Waals surface area (Å²) in [5, 5.41) is 0. The summed E-state index contributed by atoms with van der Waals surface area (Å²) in [5.74, 6) is -0.437. The number of rotatable bonds is 20. The van der Waals surface area contributed by atoms with Crippen molar-refractivity contribution in [1.82, 2.24) is 9.55 Å². The van der Waals surface area contributed by atoms with E-state index in [1.165, 1.54) is 39.1 Å². The molecule has 1 aromatic rings. The van der Waals surface area contributed by atoms with Gasteiger partial charge in [0, 0.05) is 19.0 Å². The number of esters is 1. The van der Waals surface area contributed by atoms with Crippen LogP contribution < -0.4 is 11.4 Å². The molecule has 1 saturated heterocycles. The third kappa shape index (κ3) is 17.4. The molecule has 2 heterocycles. The molecule has 1 aliphatic heterocycles. The normalized spacial score (nSPS) is 19.5. The molecule has 4 N–H and O–H groups in total. The lowest BCUT2D eigenvalue weighted by Crippen LogP contribution is -2.31. The van der Waals surface area contributed by atoms with E-state index in [0.717, 1.165) is 56.9 Å². The van der Waals surface area contributed by atoms with Gasteiger partial charge >= 0.3 is 19.5 Å². The van der Waals surface area contributed by atoms with E-state index >= 15 is 0 Å². The van der Waals surface area contributed by atoms with Crippen LogP contribution in [0.25, 0.3) is 0 Å². The number of anilines is 1. The van der Waals surface area contributed by atoms with Crippen LogP contribution in [0, 0.1) is 0 Å². The van der Waals surface area contributed by atoms with Gasteiger partial charge < -0.3 is 25.0 Å². The smallest absolute Gasteiger partial charge is 0.459 e. The highest BCUT2D eigenvalue weighted by atomic mass is 31.2. The van der Waals surface area contributed by atoms with Crippen molar-refractivity contribution in [3.8, 4) is 0 Å². The summed E-state index contributed by atoms with van der Waals surface area (Å²) in [5.41, 5.74) is 11.6. The highest BCUT2D eigenvalue weighted by Gasteiger charge is 2.40. The largest absolute Gasteiger partial charge is 0.469 e. The molecule has 0 radical (unpaired) electrons. The van der Waals surface area contributed by atoms with Crippen molar-refractivity contribution in [3.05, 3.63) is 81.0 Å². The standard InChI is InChI=1S/C36H56N3O8P/c1-26(2)12-9-15-29(5)18-10-16-27(3)13-7-8-14-28(4)17-11-19-30(6)20-21-35(40)47-31-24-34(39-23-22-33(37)38-36(39)41)46-32(31)25-45-48(42,43)44/h12-14,18-19,22-23,31-32,34H,7-11,15-17,20-21,24-25H2,1-6H3,(H2,37,38,41)(H2,42,43,44)/b27-13+,28-14+,29-18+,30-19+/t31-,32+,34+/m0/s1. The number of phosphoric acid groups is 1. The maximum absolute atomic E-state index is 12.7. The summed E-state index contributed by atoms with van der Waals surface area (Å²) in [7, 11) is -4.79. The zero-order chi connectivity index (χ0) is 35.7. The van der Waals surface area contributed by atoms with Gasteiger partial charge in [-0.25, -0.2) is 9.36 Å². The molecule has 2 rings (SSSR count). The van der Waals surface area contributed by atoms with E-state index in [9.17, 15) is 14.2 Å². The van der Waals surface area contributed by atoms with Gasteiger partial charge in [0.05, 0.1) is 6.61 Å². The Hall–Kier alpha value is -3.08. The number of aromatic nitrogens is 2. The number of nitrogens with two attached hydrogens (primary N) is 1. The summed E-state index contributed by atoms with van der Waals surface area (Å²) in [6.45, 7) is 12.3. The van der Waals surface area contributed by atoms with Crippen molar-refractivity contribution >= 4 is 19.6 Å². The minimum absolute atomic E-state index is 0.0437. The summed E-state index contributed by atoms with van der Waals surface area (Å²) >= 11 is 0. The number of carbonyl (C=O) groups excluding carboxylic acids is 1. The molecular weight excluding hydrogens is 633 g/mol. The fraction of sp³-hybridized carbons (Fsp3) is 0.583. The summed E-state index contributed by atoms with van der Waals surface area (Å²) < 4.78 is 28.4. The SMILES string of the molecule is CC(C)=CCC/C(C)=C/CC/C(C)=C/CC/C=C(\C)CC/C=C(\C)CCC(=O)O[C@H]1C[C@H](n2ccc(N)nc2=O)O[C@@H]1COP(=O)(O)O. The van der Waals surface area contributed by atoms with Gasteiger partial charge in [-0.2, -0.15) is 4.98 Å². The first-order chi connectivity index (χ1) is 22.6. The fourth-order valence-electron chi connectivity index (χ4n) is 5.24. The maximum Gasteiger partial charge on any atom is 0.469 e. The Morgan fingerprint density at radius 1 is 0.896 bits per heavy atom. The average Bonchev–Trinajstić information content (AvgIpc) is 3.38. The zero-order valence-corrected chi connectivity index (χ0v) is 30.4. The predicted molar refractivity (Wildman–Crippen MR) is 190 cm³/mol. The van der Waals surface area contributed by atoms with Gasteiger partial charge in [0.25, 0.3) is 0 Å². The van der Waals surface area contributed by atoms with Gasteiger partial charge in [-0.3, -0.25) is 13.9 Å². The molecule has 0 saturated carbocycles. The molecule has 12 heteroatoms. The Morgan fingerprint density at radius 2 is 1.42 bits per heavy atom. The molecular formula is C36H56N3O8P. The number of ether oxygens (including phenoxy) is 2. The molecule has 1 fully saturated rings. The molecule has 3 atom stereocenters. The second kappa shape index (κ2) is 21.1. The number of hydrogen-bond acceptors (Lipinski definition) is 8. The number of nitrogen functional groups attached to an aromatic ring is 1. The van der Waals surface area contributed by atoms with Crippen LogP contribution in [-0.4, -0.2) is 44.1 Å². The first-order valence-electron chi connectivity index (χ1n) is 16.8. The van der Waals surface area contributed by atoms with E-state index in [0.29, 0.717) is 6.42 Å². The van der Waals surface area contributed by atoms with Crippen molar-refractivity contribution in [2.24, 2.45) is 0 Å². The lowest BCUT2D eigenvalue weighted by atomic mass is 10.0. The lowest BCUT2D eigenvalue weighted by molar-refractivity contribution is -0.152. The van der Waals surface area contributed by atoms with Crippen LogP contribution in [0.5, 0.6) is 0 Å². The molecule has 0 aromatic carbocycles. The quantitative estimate of drug-likeness (QED) is 0.0533. The molecule has 268 valence electrons. The van der Waals surface area contributed by atoms with Crippen LogP contribution in [0.2, 0.25) is 0 Å². The van der Waals surface area contributed by atoms with E-state index < -0.39 is 44.5 Å². The first kappa shape index (κ1) is 41.1. The van der Waals surface area contributed by atoms with Crippen molar-refractivity contribution in [3.63, 3.8) is 0 Å². The molecule has 48 heavy (non-hydrogen) atoms. The Balaban J connectivity index is 1.75. The van der Waals surface area contributed by atoms with Gasteiger partial charge in [-0.05, 0) is 105 Å². The van der Waals surface area contributed by atoms with Gasteiger partial charge in [0.15, 0.2) is 0 Å². The number of carbonyl (C=O) groups is 1. The van der Waals surface area contributed by atoms with E-state index in [1.807, 2.05) is 6.92 Å². The number of nitrogens with zero attached hydrogens (tertiary/aromatic N) is 2. The maximum atomic E-state index is 12.7. The van der Waals surface area contributed by atoms with Crippen LogP contribution >= 0.6 is 7.82 Å². The summed E-state index contributed by atoms with van der Waals surface area (Å²) in [6.07, 6.45) is 19.2. The van der Waals surface area contributed by atoms with Gasteiger partial charge in [-0.15, -0.1) is 0 Å². The van der Waals surface area contributed by atoms with Crippen molar-refractivity contribution < 1.29 is 33.1 Å². The molecule has 1 aromatic heterocycles. The lowest BCUT2D eigenvalue weighted by Gasteiger charge is -2.19. The van der Waals surface area contributed by atoms with E-state index in [1.54, 1.807) is 0 Å². The van der Waals surface area contributed by atoms with Gasteiger partial charge in [0.2, 0.25) is 0 Å².